The Kier molecular flexibility index (Phi) is 18.7. The van der Waals surface area contributed by atoms with Crippen LogP contribution in [-0.4, -0.2) is 263 Å². The van der Waals surface area contributed by atoms with Gasteiger partial charge in [0.2, 0.25) is 6.29 Å². The van der Waals surface area contributed by atoms with Crippen molar-refractivity contribution < 1.29 is 129 Å². The van der Waals surface area contributed by atoms with Crippen LogP contribution in [0.3, 0.4) is 0 Å². The lowest BCUT2D eigenvalue weighted by Crippen LogP contribution is -2.67. The molecule has 15 N–H and O–H groups in total. The van der Waals surface area contributed by atoms with Crippen LogP contribution in [0.2, 0.25) is 0 Å². The molecule has 0 spiro atoms. The van der Waals surface area contributed by atoms with Crippen LogP contribution in [0.15, 0.2) is 11.6 Å². The van der Waals surface area contributed by atoms with Crippen molar-refractivity contribution in [3.63, 3.8) is 0 Å². The Bertz CT molecular complexity index is 2330. The van der Waals surface area contributed by atoms with Crippen LogP contribution in [-0.2, 0) is 52.2 Å². The van der Waals surface area contributed by atoms with Crippen LogP contribution in [0, 0.1) is 50.2 Å². The smallest absolute Gasteiger partial charge is 0.315 e. The molecule has 26 heteroatoms. The van der Waals surface area contributed by atoms with Gasteiger partial charge in [0.1, 0.15) is 104 Å². The second kappa shape index (κ2) is 24.1. The van der Waals surface area contributed by atoms with Gasteiger partial charge in [0.25, 0.3) is 0 Å². The molecule has 5 saturated heterocycles. The number of esters is 1. The van der Waals surface area contributed by atoms with E-state index in [0.717, 1.165) is 12.8 Å². The van der Waals surface area contributed by atoms with Gasteiger partial charge in [-0.25, -0.2) is 0 Å². The number of aliphatic hydroxyl groups is 15. The van der Waals surface area contributed by atoms with Crippen molar-refractivity contribution in [3.05, 3.63) is 11.6 Å². The molecule has 4 saturated carbocycles. The number of allylic oxidation sites excluding steroid dienone is 2. The molecule has 5 aliphatic carbocycles. The van der Waals surface area contributed by atoms with Gasteiger partial charge in [-0.3, -0.25) is 4.79 Å². The largest absolute Gasteiger partial charge is 0.432 e. The average molecular weight is 1210 g/mol. The van der Waals surface area contributed by atoms with E-state index in [1.165, 1.54) is 12.5 Å². The number of fused-ring (bicyclic) bond motifs is 7. The minimum absolute atomic E-state index is 0.0631. The molecule has 0 amide bonds. The Morgan fingerprint density at radius 2 is 1.18 bits per heavy atom. The fourth-order valence-corrected chi connectivity index (χ4v) is 17.3. The van der Waals surface area contributed by atoms with Gasteiger partial charge in [0.05, 0.1) is 50.7 Å². The first-order valence-electron chi connectivity index (χ1n) is 30.2. The van der Waals surface area contributed by atoms with Crippen LogP contribution < -0.4 is 0 Å². The second-order valence-corrected chi connectivity index (χ2v) is 28.1. The second-order valence-electron chi connectivity index (χ2n) is 28.1. The fourth-order valence-electron chi connectivity index (χ4n) is 17.3. The van der Waals surface area contributed by atoms with Gasteiger partial charge in [0, 0.05) is 5.41 Å². The Morgan fingerprint density at radius 3 is 1.87 bits per heavy atom. The van der Waals surface area contributed by atoms with Crippen molar-refractivity contribution >= 4 is 5.97 Å². The van der Waals surface area contributed by atoms with Gasteiger partial charge in [-0.2, -0.15) is 0 Å². The summed E-state index contributed by atoms with van der Waals surface area (Å²) in [7, 11) is 0. The summed E-state index contributed by atoms with van der Waals surface area (Å²) in [6, 6.07) is 0. The summed E-state index contributed by atoms with van der Waals surface area (Å²) in [6.07, 6.45) is -28.5. The number of carbonyl (C=O) groups excluding carboxylic acids is 1. The van der Waals surface area contributed by atoms with E-state index in [4.69, 9.17) is 47.4 Å². The highest BCUT2D eigenvalue weighted by molar-refractivity contribution is 5.79. The van der Waals surface area contributed by atoms with Crippen LogP contribution in [0.1, 0.15) is 113 Å². The Labute approximate surface area is 488 Å². The molecule has 84 heavy (non-hydrogen) atoms. The zero-order valence-corrected chi connectivity index (χ0v) is 49.0. The molecule has 0 aromatic carbocycles. The maximum atomic E-state index is 15.2. The van der Waals surface area contributed by atoms with E-state index in [1.54, 1.807) is 0 Å². The standard InChI is InChI=1S/C58H94O26/c1-24-34(63)38(67)42(71)49(78-24)82-45-29(19-59)79-47(44(73)40(45)69)77-22-30-37(66)39(68)43(72)50(80-30)84-52(74)58-16-14-53(2,3)18-26(58)25-8-9-32-54(4)12-11-33(55(5,23-60)31(54)10-13-57(32,7)56(25,6)15-17-58)81-51-46(36(65)28(62)21-76-51)83-48-41(70)35(64)27(61)20-75-48/h8,24,26-51,59-73H,9-23H2,1-7H3/t24-,26?,27+,28-,29+,30+,31?,32?,33-,34-,35-,36-,37+,38+,39-,40+,41+,42+,43+,44+,45+,46+,47+,48-,49-,50-,51-,54-,55-,56+,57+,58-/m0/s1. The van der Waals surface area contributed by atoms with Gasteiger partial charge in [0.15, 0.2) is 25.2 Å². The number of hydrogen-bond donors (Lipinski definition) is 15. The zero-order chi connectivity index (χ0) is 61.1. The number of rotatable bonds is 13. The van der Waals surface area contributed by atoms with E-state index in [2.05, 4.69) is 40.7 Å². The highest BCUT2D eigenvalue weighted by Crippen LogP contribution is 2.76. The lowest BCUT2D eigenvalue weighted by molar-refractivity contribution is -0.361. The van der Waals surface area contributed by atoms with E-state index < -0.39 is 183 Å². The molecule has 9 fully saturated rings. The molecular weight excluding hydrogens is 1110 g/mol. The molecule has 3 unspecified atom stereocenters. The van der Waals surface area contributed by atoms with Gasteiger partial charge >= 0.3 is 5.97 Å². The molecule has 0 aromatic rings. The van der Waals surface area contributed by atoms with Crippen molar-refractivity contribution in [2.45, 2.75) is 260 Å². The third-order valence-corrected chi connectivity index (χ3v) is 22.8. The summed E-state index contributed by atoms with van der Waals surface area (Å²) in [5.74, 6) is -0.853. The highest BCUT2D eigenvalue weighted by atomic mass is 16.8. The molecule has 5 heterocycles. The van der Waals surface area contributed by atoms with Crippen LogP contribution in [0.5, 0.6) is 0 Å². The van der Waals surface area contributed by atoms with Crippen molar-refractivity contribution in [2.75, 3.05) is 33.0 Å². The van der Waals surface area contributed by atoms with Crippen LogP contribution in [0.25, 0.3) is 0 Å². The third-order valence-electron chi connectivity index (χ3n) is 22.8. The van der Waals surface area contributed by atoms with E-state index in [-0.39, 0.29) is 53.8 Å². The van der Waals surface area contributed by atoms with Gasteiger partial charge in [-0.1, -0.05) is 53.2 Å². The maximum Gasteiger partial charge on any atom is 0.315 e. The third kappa shape index (κ3) is 10.9. The first-order chi connectivity index (χ1) is 39.4. The molecule has 10 aliphatic rings. The molecule has 0 aromatic heterocycles. The Hall–Kier alpha value is -1.75. The monoisotopic (exact) mass is 1210 g/mol. The molecule has 5 aliphatic heterocycles. The summed E-state index contributed by atoms with van der Waals surface area (Å²) in [5, 5.41) is 162. The summed E-state index contributed by atoms with van der Waals surface area (Å²) in [5.41, 5.74) is -1.92. The normalized spacial score (nSPS) is 54.9. The minimum Gasteiger partial charge on any atom is -0.432 e. The summed E-state index contributed by atoms with van der Waals surface area (Å²) in [6.45, 7) is 12.5. The highest BCUT2D eigenvalue weighted by Gasteiger charge is 2.71. The number of ether oxygens (including phenoxy) is 10. The van der Waals surface area contributed by atoms with E-state index in [1.807, 2.05) is 6.92 Å². The van der Waals surface area contributed by atoms with Crippen LogP contribution in [0.4, 0.5) is 0 Å². The maximum absolute atomic E-state index is 15.2. The number of aliphatic hydroxyl groups excluding tert-OH is 15. The quantitative estimate of drug-likeness (QED) is 0.0499. The van der Waals surface area contributed by atoms with Crippen molar-refractivity contribution in [2.24, 2.45) is 50.2 Å². The summed E-state index contributed by atoms with van der Waals surface area (Å²) >= 11 is 0. The average Bonchev–Trinajstić information content (AvgIpc) is 1.18. The lowest BCUT2D eigenvalue weighted by atomic mass is 9.33. The summed E-state index contributed by atoms with van der Waals surface area (Å²) in [4.78, 5) is 15.2. The molecule has 482 valence electrons. The Balaban J connectivity index is 0.832. The first-order valence-corrected chi connectivity index (χ1v) is 30.2. The van der Waals surface area contributed by atoms with Crippen molar-refractivity contribution in [1.82, 2.24) is 0 Å². The van der Waals surface area contributed by atoms with E-state index in [9.17, 15) is 76.6 Å². The first kappa shape index (κ1) is 65.2. The fraction of sp³-hybridized carbons (Fsp3) is 0.948. The molecule has 0 bridgehead atoms. The SMILES string of the molecule is C[C@@H]1O[C@@H](O[C@H]2[C@H](O)[C@@H](O)[C@H](OC[C@H]3O[C@@H](OC(=O)[C@]45CCC(C)(C)CC4C4=CCC6[C@@]7(C)CC[C@H](O[C@@H]8OC[C@H](O)[C@H](O)[C@H]8O[C@@H]8OC[C@@H](O)[C@H](O)[C@H]8O)[C@@](C)(CO)C7CC[C@@]6(C)[C@]4(C)CC5)[C@H](O)[C@@H](O)[C@@H]3O)O[C@@H]2CO)[C@H](O)[C@H](O)[C@H]1O. The zero-order valence-electron chi connectivity index (χ0n) is 49.0. The van der Waals surface area contributed by atoms with Crippen LogP contribution >= 0.6 is 0 Å². The molecule has 0 radical (unpaired) electrons. The van der Waals surface area contributed by atoms with E-state index >= 15 is 4.79 Å². The minimum atomic E-state index is -1.90. The Morgan fingerprint density at radius 1 is 0.571 bits per heavy atom. The van der Waals surface area contributed by atoms with E-state index in [0.29, 0.717) is 51.4 Å². The van der Waals surface area contributed by atoms with Gasteiger partial charge in [-0.15, -0.1) is 0 Å². The predicted molar refractivity (Wildman–Crippen MR) is 283 cm³/mol. The molecular formula is C58H94O26. The predicted octanol–water partition coefficient (Wildman–Crippen LogP) is -2.93. The number of carbonyl (C=O) groups is 1. The van der Waals surface area contributed by atoms with Gasteiger partial charge in [-0.05, 0) is 111 Å². The van der Waals surface area contributed by atoms with Crippen molar-refractivity contribution in [3.8, 4) is 0 Å². The topological polar surface area (TPSA) is 413 Å². The van der Waals surface area contributed by atoms with Gasteiger partial charge < -0.3 is 124 Å². The lowest BCUT2D eigenvalue weighted by Gasteiger charge is -2.71. The summed E-state index contributed by atoms with van der Waals surface area (Å²) < 4.78 is 59.1. The molecule has 26 nitrogen and oxygen atoms in total. The van der Waals surface area contributed by atoms with Crippen molar-refractivity contribution in [1.29, 1.82) is 0 Å². The molecule has 32 atom stereocenters. The molecule has 10 rings (SSSR count). The number of hydrogen-bond acceptors (Lipinski definition) is 26.